The highest BCUT2D eigenvalue weighted by Gasteiger charge is 2.24. The van der Waals surface area contributed by atoms with Gasteiger partial charge in [-0.05, 0) is 17.7 Å². The third kappa shape index (κ3) is 8.49. The average Bonchev–Trinajstić information content (AvgIpc) is 3.31. The van der Waals surface area contributed by atoms with E-state index in [1.165, 1.54) is 5.56 Å². The predicted octanol–water partition coefficient (Wildman–Crippen LogP) is 2.33. The molecular weight excluding hydrogens is 444 g/mol. The van der Waals surface area contributed by atoms with Crippen LogP contribution in [0.2, 0.25) is 0 Å². The Morgan fingerprint density at radius 2 is 1.77 bits per heavy atom. The molecular formula is C27H40N4O4. The van der Waals surface area contributed by atoms with Crippen molar-refractivity contribution >= 4 is 11.8 Å². The fourth-order valence-electron chi connectivity index (χ4n) is 4.20. The van der Waals surface area contributed by atoms with E-state index in [2.05, 4.69) is 21.6 Å². The van der Waals surface area contributed by atoms with Crippen molar-refractivity contribution in [3.63, 3.8) is 0 Å². The normalized spacial score (nSPS) is 14.3. The summed E-state index contributed by atoms with van der Waals surface area (Å²) < 4.78 is 12.9. The molecule has 0 spiro atoms. The van der Waals surface area contributed by atoms with E-state index in [0.717, 1.165) is 31.9 Å². The number of benzene rings is 1. The highest BCUT2D eigenvalue weighted by Crippen LogP contribution is 2.12. The lowest BCUT2D eigenvalue weighted by atomic mass is 10.2. The van der Waals surface area contributed by atoms with Gasteiger partial charge in [0.1, 0.15) is 0 Å². The molecule has 1 aromatic heterocycles. The number of aromatic nitrogens is 1. The van der Waals surface area contributed by atoms with Crippen LogP contribution < -0.4 is 0 Å². The molecule has 8 nitrogen and oxygen atoms in total. The standard InChI is InChI=1S/C27H40N4O4/c1-23(2)27(33)31(13-12-28-14-18-35-19-15-28)22-26(32)30(16-17-34-3)21-25-10-7-11-29(25)20-24-8-5-4-6-9-24/h4-11,23H,12-22H2,1-3H3. The van der Waals surface area contributed by atoms with Crippen LogP contribution in [0.4, 0.5) is 0 Å². The summed E-state index contributed by atoms with van der Waals surface area (Å²) in [7, 11) is 1.64. The molecule has 0 atom stereocenters. The molecule has 2 aromatic rings. The van der Waals surface area contributed by atoms with Crippen LogP contribution in [-0.2, 0) is 32.2 Å². The molecule has 0 aliphatic carbocycles. The van der Waals surface area contributed by atoms with E-state index in [9.17, 15) is 9.59 Å². The lowest BCUT2D eigenvalue weighted by Gasteiger charge is -2.32. The maximum absolute atomic E-state index is 13.5. The maximum Gasteiger partial charge on any atom is 0.242 e. The number of hydrogen-bond donors (Lipinski definition) is 0. The molecule has 0 N–H and O–H groups in total. The van der Waals surface area contributed by atoms with Crippen LogP contribution >= 0.6 is 0 Å². The van der Waals surface area contributed by atoms with Gasteiger partial charge < -0.3 is 23.8 Å². The van der Waals surface area contributed by atoms with E-state index in [4.69, 9.17) is 9.47 Å². The monoisotopic (exact) mass is 484 g/mol. The number of amides is 2. The molecule has 8 heteroatoms. The number of nitrogens with zero attached hydrogens (tertiary/aromatic N) is 4. The minimum atomic E-state index is -0.164. The van der Waals surface area contributed by atoms with Crippen molar-refractivity contribution in [3.05, 3.63) is 59.9 Å². The summed E-state index contributed by atoms with van der Waals surface area (Å²) in [5.41, 5.74) is 2.25. The average molecular weight is 485 g/mol. The molecule has 1 aliphatic heterocycles. The Labute approximate surface area is 209 Å². The third-order valence-electron chi connectivity index (χ3n) is 6.31. The quantitative estimate of drug-likeness (QED) is 0.437. The predicted molar refractivity (Wildman–Crippen MR) is 136 cm³/mol. The molecule has 1 aliphatic rings. The maximum atomic E-state index is 13.5. The van der Waals surface area contributed by atoms with Gasteiger partial charge in [0, 0.05) is 64.2 Å². The number of morpholine rings is 1. The Bertz CT molecular complexity index is 909. The first-order valence-electron chi connectivity index (χ1n) is 12.5. The Morgan fingerprint density at radius 3 is 2.46 bits per heavy atom. The molecule has 192 valence electrons. The molecule has 1 saturated heterocycles. The summed E-state index contributed by atoms with van der Waals surface area (Å²) in [6.45, 7) is 10.4. The number of hydrogen-bond acceptors (Lipinski definition) is 5. The van der Waals surface area contributed by atoms with Crippen molar-refractivity contribution in [3.8, 4) is 0 Å². The van der Waals surface area contributed by atoms with Gasteiger partial charge in [-0.2, -0.15) is 0 Å². The van der Waals surface area contributed by atoms with Crippen LogP contribution in [-0.4, -0.2) is 97.3 Å². The van der Waals surface area contributed by atoms with Gasteiger partial charge in [0.05, 0.1) is 32.9 Å². The van der Waals surface area contributed by atoms with E-state index in [-0.39, 0.29) is 24.3 Å². The van der Waals surface area contributed by atoms with Crippen LogP contribution in [0.1, 0.15) is 25.1 Å². The SMILES string of the molecule is COCCN(Cc1cccn1Cc1ccccc1)C(=O)CN(CCN1CCOCC1)C(=O)C(C)C. The van der Waals surface area contributed by atoms with Crippen molar-refractivity contribution in [1.82, 2.24) is 19.3 Å². The summed E-state index contributed by atoms with van der Waals surface area (Å²) in [4.78, 5) is 32.2. The van der Waals surface area contributed by atoms with Gasteiger partial charge in [-0.3, -0.25) is 14.5 Å². The second-order valence-corrected chi connectivity index (χ2v) is 9.29. The number of methoxy groups -OCH3 is 1. The minimum absolute atomic E-state index is 0.00533. The van der Waals surface area contributed by atoms with E-state index in [1.54, 1.807) is 16.9 Å². The molecule has 2 heterocycles. The van der Waals surface area contributed by atoms with E-state index < -0.39 is 0 Å². The van der Waals surface area contributed by atoms with Crippen molar-refractivity contribution < 1.29 is 19.1 Å². The molecule has 3 rings (SSSR count). The van der Waals surface area contributed by atoms with Crippen LogP contribution in [0.3, 0.4) is 0 Å². The van der Waals surface area contributed by atoms with E-state index in [0.29, 0.717) is 39.5 Å². The lowest BCUT2D eigenvalue weighted by Crippen LogP contribution is -2.48. The Morgan fingerprint density at radius 1 is 1.03 bits per heavy atom. The van der Waals surface area contributed by atoms with E-state index >= 15 is 0 Å². The van der Waals surface area contributed by atoms with Crippen molar-refractivity contribution in [2.45, 2.75) is 26.9 Å². The molecule has 1 fully saturated rings. The largest absolute Gasteiger partial charge is 0.383 e. The fraction of sp³-hybridized carbons (Fsp3) is 0.556. The zero-order valence-electron chi connectivity index (χ0n) is 21.4. The van der Waals surface area contributed by atoms with Gasteiger partial charge in [0.15, 0.2) is 0 Å². The number of rotatable bonds is 13. The zero-order valence-corrected chi connectivity index (χ0v) is 21.4. The van der Waals surface area contributed by atoms with Gasteiger partial charge in [-0.15, -0.1) is 0 Å². The van der Waals surface area contributed by atoms with Gasteiger partial charge in [0.25, 0.3) is 0 Å². The highest BCUT2D eigenvalue weighted by molar-refractivity contribution is 5.85. The van der Waals surface area contributed by atoms with Gasteiger partial charge >= 0.3 is 0 Å². The number of carbonyl (C=O) groups is 2. The first-order valence-corrected chi connectivity index (χ1v) is 12.5. The Hall–Kier alpha value is -2.68. The second-order valence-electron chi connectivity index (χ2n) is 9.29. The molecule has 1 aromatic carbocycles. The van der Waals surface area contributed by atoms with Gasteiger partial charge in [0.2, 0.25) is 11.8 Å². The topological polar surface area (TPSA) is 67.2 Å². The minimum Gasteiger partial charge on any atom is -0.383 e. The van der Waals surface area contributed by atoms with Crippen molar-refractivity contribution in [2.24, 2.45) is 5.92 Å². The zero-order chi connectivity index (χ0) is 25.0. The highest BCUT2D eigenvalue weighted by atomic mass is 16.5. The van der Waals surface area contributed by atoms with Gasteiger partial charge in [-0.25, -0.2) is 0 Å². The van der Waals surface area contributed by atoms with E-state index in [1.807, 2.05) is 50.4 Å². The Kier molecular flexibility index (Phi) is 10.8. The molecule has 0 saturated carbocycles. The smallest absolute Gasteiger partial charge is 0.242 e. The third-order valence-corrected chi connectivity index (χ3v) is 6.31. The van der Waals surface area contributed by atoms with Crippen LogP contribution in [0.5, 0.6) is 0 Å². The number of ether oxygens (including phenoxy) is 2. The molecule has 35 heavy (non-hydrogen) atoms. The summed E-state index contributed by atoms with van der Waals surface area (Å²) in [5.74, 6) is -0.223. The van der Waals surface area contributed by atoms with Gasteiger partial charge in [-0.1, -0.05) is 44.2 Å². The van der Waals surface area contributed by atoms with Crippen molar-refractivity contribution in [1.29, 1.82) is 0 Å². The fourth-order valence-corrected chi connectivity index (χ4v) is 4.20. The Balaban J connectivity index is 1.68. The second kappa shape index (κ2) is 14.0. The summed E-state index contributed by atoms with van der Waals surface area (Å²) in [5, 5.41) is 0. The first kappa shape index (κ1) is 26.9. The molecule has 0 unspecified atom stereocenters. The van der Waals surface area contributed by atoms with Crippen LogP contribution in [0.25, 0.3) is 0 Å². The first-order chi connectivity index (χ1) is 17.0. The molecule has 0 radical (unpaired) electrons. The number of carbonyl (C=O) groups excluding carboxylic acids is 2. The summed E-state index contributed by atoms with van der Waals surface area (Å²) in [6, 6.07) is 14.3. The molecule has 0 bridgehead atoms. The summed E-state index contributed by atoms with van der Waals surface area (Å²) in [6.07, 6.45) is 2.04. The van der Waals surface area contributed by atoms with Crippen LogP contribution in [0.15, 0.2) is 48.7 Å². The van der Waals surface area contributed by atoms with Crippen molar-refractivity contribution in [2.75, 3.05) is 66.2 Å². The van der Waals surface area contributed by atoms with Crippen LogP contribution in [0, 0.1) is 5.92 Å². The lowest BCUT2D eigenvalue weighted by molar-refractivity contribution is -0.143. The summed E-state index contributed by atoms with van der Waals surface area (Å²) >= 11 is 0. The molecule has 2 amide bonds.